The first-order valence-electron chi connectivity index (χ1n) is 9.20. The van der Waals surface area contributed by atoms with Crippen LogP contribution in [0.25, 0.3) is 11.0 Å². The SMILES string of the molecule is CN=C(NCCn1c(C)nc2ccccc21)N1CCc2ccccc2C1. The molecule has 0 spiro atoms. The maximum atomic E-state index is 4.64. The van der Waals surface area contributed by atoms with Crippen molar-refractivity contribution in [3.63, 3.8) is 0 Å². The number of fused-ring (bicyclic) bond motifs is 2. The maximum absolute atomic E-state index is 4.64. The number of rotatable bonds is 3. The van der Waals surface area contributed by atoms with Gasteiger partial charge in [0.05, 0.1) is 11.0 Å². The van der Waals surface area contributed by atoms with Crippen LogP contribution in [0.15, 0.2) is 53.5 Å². The van der Waals surface area contributed by atoms with Crippen molar-refractivity contribution in [2.75, 3.05) is 20.1 Å². The molecule has 26 heavy (non-hydrogen) atoms. The predicted molar refractivity (Wildman–Crippen MR) is 106 cm³/mol. The van der Waals surface area contributed by atoms with Gasteiger partial charge in [0.15, 0.2) is 5.96 Å². The fourth-order valence-electron chi connectivity index (χ4n) is 3.77. The highest BCUT2D eigenvalue weighted by Gasteiger charge is 2.18. The second-order valence-corrected chi connectivity index (χ2v) is 6.71. The molecule has 1 N–H and O–H groups in total. The van der Waals surface area contributed by atoms with E-state index in [1.807, 2.05) is 13.1 Å². The average Bonchev–Trinajstić information content (AvgIpc) is 3.00. The van der Waals surface area contributed by atoms with Crippen molar-refractivity contribution in [1.82, 2.24) is 19.8 Å². The second kappa shape index (κ2) is 7.20. The van der Waals surface area contributed by atoms with E-state index in [9.17, 15) is 0 Å². The molecule has 1 aliphatic heterocycles. The molecule has 2 aromatic carbocycles. The lowest BCUT2D eigenvalue weighted by atomic mass is 10.0. The van der Waals surface area contributed by atoms with Gasteiger partial charge in [0.2, 0.25) is 0 Å². The van der Waals surface area contributed by atoms with E-state index < -0.39 is 0 Å². The van der Waals surface area contributed by atoms with Crippen molar-refractivity contribution in [1.29, 1.82) is 0 Å². The van der Waals surface area contributed by atoms with Crippen LogP contribution in [0.1, 0.15) is 17.0 Å². The first kappa shape index (κ1) is 16.6. The quantitative estimate of drug-likeness (QED) is 0.585. The van der Waals surface area contributed by atoms with E-state index >= 15 is 0 Å². The summed E-state index contributed by atoms with van der Waals surface area (Å²) in [5.74, 6) is 2.02. The normalized spacial score (nSPS) is 14.5. The Kier molecular flexibility index (Phi) is 4.61. The van der Waals surface area contributed by atoms with Gasteiger partial charge in [-0.25, -0.2) is 4.98 Å². The fraction of sp³-hybridized carbons (Fsp3) is 0.333. The van der Waals surface area contributed by atoms with E-state index in [-0.39, 0.29) is 0 Å². The second-order valence-electron chi connectivity index (χ2n) is 6.71. The van der Waals surface area contributed by atoms with Crippen LogP contribution in [0.2, 0.25) is 0 Å². The van der Waals surface area contributed by atoms with Crippen molar-refractivity contribution in [3.05, 3.63) is 65.5 Å². The van der Waals surface area contributed by atoms with Gasteiger partial charge in [-0.15, -0.1) is 0 Å². The van der Waals surface area contributed by atoms with Crippen molar-refractivity contribution in [3.8, 4) is 0 Å². The van der Waals surface area contributed by atoms with Crippen LogP contribution in [0.5, 0.6) is 0 Å². The van der Waals surface area contributed by atoms with Gasteiger partial charge in [0.25, 0.3) is 0 Å². The molecule has 134 valence electrons. The van der Waals surface area contributed by atoms with E-state index in [1.165, 1.54) is 16.6 Å². The molecule has 0 fully saturated rings. The molecule has 0 saturated carbocycles. The van der Waals surface area contributed by atoms with Crippen LogP contribution in [0, 0.1) is 6.92 Å². The minimum absolute atomic E-state index is 0.825. The zero-order valence-corrected chi connectivity index (χ0v) is 15.4. The van der Waals surface area contributed by atoms with Crippen LogP contribution in [0.3, 0.4) is 0 Å². The highest BCUT2D eigenvalue weighted by Crippen LogP contribution is 2.18. The summed E-state index contributed by atoms with van der Waals surface area (Å²) in [5.41, 5.74) is 5.11. The molecule has 0 saturated heterocycles. The Morgan fingerprint density at radius 1 is 1.12 bits per heavy atom. The van der Waals surface area contributed by atoms with E-state index in [4.69, 9.17) is 0 Å². The lowest BCUT2D eigenvalue weighted by molar-refractivity contribution is 0.378. The Labute approximate surface area is 154 Å². The summed E-state index contributed by atoms with van der Waals surface area (Å²) in [7, 11) is 1.86. The number of guanidine groups is 1. The van der Waals surface area contributed by atoms with Gasteiger partial charge < -0.3 is 14.8 Å². The van der Waals surface area contributed by atoms with Gasteiger partial charge in [-0.2, -0.15) is 0 Å². The minimum atomic E-state index is 0.825. The first-order valence-corrected chi connectivity index (χ1v) is 9.20. The van der Waals surface area contributed by atoms with Crippen molar-refractivity contribution >= 4 is 17.0 Å². The van der Waals surface area contributed by atoms with E-state index in [1.54, 1.807) is 0 Å². The number of nitrogens with one attached hydrogen (secondary N) is 1. The molecule has 1 aromatic heterocycles. The number of hydrogen-bond acceptors (Lipinski definition) is 2. The van der Waals surface area contributed by atoms with Crippen LogP contribution >= 0.6 is 0 Å². The topological polar surface area (TPSA) is 45.5 Å². The summed E-state index contributed by atoms with van der Waals surface area (Å²) in [4.78, 5) is 11.5. The van der Waals surface area contributed by atoms with E-state index in [2.05, 4.69) is 74.1 Å². The number of imidazole rings is 1. The third-order valence-corrected chi connectivity index (χ3v) is 5.11. The molecule has 0 unspecified atom stereocenters. The highest BCUT2D eigenvalue weighted by atomic mass is 15.3. The molecular weight excluding hydrogens is 322 g/mol. The smallest absolute Gasteiger partial charge is 0.194 e. The van der Waals surface area contributed by atoms with Gasteiger partial charge in [-0.1, -0.05) is 36.4 Å². The molecular formula is C21H25N5. The third-order valence-electron chi connectivity index (χ3n) is 5.11. The van der Waals surface area contributed by atoms with Gasteiger partial charge >= 0.3 is 0 Å². The van der Waals surface area contributed by atoms with E-state index in [0.29, 0.717) is 0 Å². The van der Waals surface area contributed by atoms with Crippen LogP contribution < -0.4 is 5.32 Å². The van der Waals surface area contributed by atoms with Crippen molar-refractivity contribution < 1.29 is 0 Å². The average molecular weight is 347 g/mol. The number of nitrogens with zero attached hydrogens (tertiary/aromatic N) is 4. The third kappa shape index (κ3) is 3.17. The summed E-state index contributed by atoms with van der Waals surface area (Å²) < 4.78 is 2.26. The molecule has 0 atom stereocenters. The molecule has 1 aliphatic rings. The van der Waals surface area contributed by atoms with Crippen LogP contribution in [-0.2, 0) is 19.5 Å². The number of para-hydroxylation sites is 2. The van der Waals surface area contributed by atoms with Crippen LogP contribution in [-0.4, -0.2) is 40.5 Å². The Hall–Kier alpha value is -2.82. The highest BCUT2D eigenvalue weighted by molar-refractivity contribution is 5.80. The van der Waals surface area contributed by atoms with Crippen molar-refractivity contribution in [2.45, 2.75) is 26.4 Å². The van der Waals surface area contributed by atoms with E-state index in [0.717, 1.165) is 49.9 Å². The molecule has 0 amide bonds. The van der Waals surface area contributed by atoms with Crippen molar-refractivity contribution in [2.24, 2.45) is 4.99 Å². The fourth-order valence-corrected chi connectivity index (χ4v) is 3.77. The molecule has 5 nitrogen and oxygen atoms in total. The van der Waals surface area contributed by atoms with Gasteiger partial charge in [-0.05, 0) is 36.6 Å². The summed E-state index contributed by atoms with van der Waals surface area (Å²) in [6.07, 6.45) is 1.07. The zero-order valence-electron chi connectivity index (χ0n) is 15.4. The molecule has 0 aliphatic carbocycles. The molecule has 2 heterocycles. The lowest BCUT2D eigenvalue weighted by Gasteiger charge is -2.31. The Morgan fingerprint density at radius 3 is 2.73 bits per heavy atom. The standard InChI is InChI=1S/C21H25N5/c1-16-24-19-9-5-6-10-20(19)26(16)14-12-23-21(22-2)25-13-11-17-7-3-4-8-18(17)15-25/h3-10H,11-15H2,1-2H3,(H,22,23). The monoisotopic (exact) mass is 347 g/mol. The Bertz CT molecular complexity index is 940. The summed E-state index contributed by atoms with van der Waals surface area (Å²) in [6.45, 7) is 5.69. The number of hydrogen-bond donors (Lipinski definition) is 1. The van der Waals surface area contributed by atoms with Gasteiger partial charge in [-0.3, -0.25) is 4.99 Å². The first-order chi connectivity index (χ1) is 12.8. The number of aromatic nitrogens is 2. The zero-order chi connectivity index (χ0) is 17.9. The lowest BCUT2D eigenvalue weighted by Crippen LogP contribution is -2.44. The Morgan fingerprint density at radius 2 is 1.88 bits per heavy atom. The molecule has 0 radical (unpaired) electrons. The number of aryl methyl sites for hydroxylation is 1. The summed E-state index contributed by atoms with van der Waals surface area (Å²) in [6, 6.07) is 17.0. The number of aliphatic imine (C=N–C) groups is 1. The summed E-state index contributed by atoms with van der Waals surface area (Å²) in [5, 5.41) is 3.53. The summed E-state index contributed by atoms with van der Waals surface area (Å²) >= 11 is 0. The Balaban J connectivity index is 1.41. The molecule has 3 aromatic rings. The maximum Gasteiger partial charge on any atom is 0.194 e. The largest absolute Gasteiger partial charge is 0.354 e. The van der Waals surface area contributed by atoms with Gasteiger partial charge in [0, 0.05) is 33.2 Å². The molecule has 0 bridgehead atoms. The number of benzene rings is 2. The minimum Gasteiger partial charge on any atom is -0.354 e. The predicted octanol–water partition coefficient (Wildman–Crippen LogP) is 2.98. The van der Waals surface area contributed by atoms with Gasteiger partial charge in [0.1, 0.15) is 5.82 Å². The molecule has 4 rings (SSSR count). The molecule has 5 heteroatoms. The van der Waals surface area contributed by atoms with Crippen LogP contribution in [0.4, 0.5) is 0 Å².